The van der Waals surface area contributed by atoms with Crippen molar-refractivity contribution < 1.29 is 9.53 Å². The van der Waals surface area contributed by atoms with Crippen LogP contribution in [0.5, 0.6) is 0 Å². The monoisotopic (exact) mass is 203 g/mol. The molecule has 0 aliphatic heterocycles. The number of nitrogens with one attached hydrogen (secondary N) is 1. The number of carbonyl (C=O) groups excluding carboxylic acids is 1. The Kier molecular flexibility index (Phi) is 3.72. The zero-order chi connectivity index (χ0) is 9.68. The van der Waals surface area contributed by atoms with Gasteiger partial charge in [-0.05, 0) is 0 Å². The lowest BCUT2D eigenvalue weighted by Crippen LogP contribution is -2.34. The summed E-state index contributed by atoms with van der Waals surface area (Å²) in [4.78, 5) is 17.6. The highest BCUT2D eigenvalue weighted by Crippen LogP contribution is 1.98. The van der Waals surface area contributed by atoms with Gasteiger partial charge in [0.1, 0.15) is 6.04 Å². The van der Waals surface area contributed by atoms with E-state index >= 15 is 0 Å². The van der Waals surface area contributed by atoms with E-state index in [1.54, 1.807) is 6.20 Å². The summed E-state index contributed by atoms with van der Waals surface area (Å²) in [5, 5.41) is 0. The van der Waals surface area contributed by atoms with E-state index in [0.29, 0.717) is 6.42 Å². The summed E-state index contributed by atoms with van der Waals surface area (Å²) in [5.41, 5.74) is 6.30. The summed E-state index contributed by atoms with van der Waals surface area (Å²) in [6.45, 7) is 0. The molecule has 1 aromatic heterocycles. The minimum absolute atomic E-state index is 0.171. The molecule has 13 heavy (non-hydrogen) atoms. The standard InChI is InChI=1S/C7H10ClN3O2/c8-3-13-7(12)6(9)1-5-2-10-4-11-5/h2,4,6H,1,3,9H2,(H,10,11)/t6-/m0/s1. The Hall–Kier alpha value is -1.07. The van der Waals surface area contributed by atoms with Crippen LogP contribution in [0.25, 0.3) is 0 Å². The topological polar surface area (TPSA) is 81.0 Å². The number of hydrogen-bond donors (Lipinski definition) is 2. The van der Waals surface area contributed by atoms with Gasteiger partial charge in [-0.2, -0.15) is 0 Å². The Morgan fingerprint density at radius 1 is 1.85 bits per heavy atom. The number of rotatable bonds is 4. The number of H-pyrrole nitrogens is 1. The summed E-state index contributed by atoms with van der Waals surface area (Å²) in [6.07, 6.45) is 3.50. The lowest BCUT2D eigenvalue weighted by Gasteiger charge is -2.07. The molecule has 1 heterocycles. The van der Waals surface area contributed by atoms with Crippen LogP contribution >= 0.6 is 11.6 Å². The van der Waals surface area contributed by atoms with Crippen molar-refractivity contribution in [3.05, 3.63) is 18.2 Å². The highest BCUT2D eigenvalue weighted by Gasteiger charge is 2.15. The molecule has 6 heteroatoms. The van der Waals surface area contributed by atoms with Crippen LogP contribution in [-0.4, -0.2) is 28.0 Å². The number of esters is 1. The second kappa shape index (κ2) is 4.84. The molecule has 0 saturated carbocycles. The number of nitrogens with two attached hydrogens (primary N) is 1. The van der Waals surface area contributed by atoms with Crippen molar-refractivity contribution in [3.8, 4) is 0 Å². The number of ether oxygens (including phenoxy) is 1. The molecule has 0 aliphatic rings. The van der Waals surface area contributed by atoms with E-state index in [1.165, 1.54) is 6.33 Å². The minimum atomic E-state index is -0.695. The third-order valence-corrected chi connectivity index (χ3v) is 1.60. The van der Waals surface area contributed by atoms with E-state index in [2.05, 4.69) is 14.7 Å². The van der Waals surface area contributed by atoms with Gasteiger partial charge in [0.15, 0.2) is 6.07 Å². The number of aromatic amines is 1. The largest absolute Gasteiger partial charge is 0.448 e. The van der Waals surface area contributed by atoms with Crippen molar-refractivity contribution in [2.24, 2.45) is 5.73 Å². The average molecular weight is 204 g/mol. The predicted octanol–water partition coefficient (Wildman–Crippen LogP) is 0.0190. The van der Waals surface area contributed by atoms with Gasteiger partial charge < -0.3 is 15.5 Å². The van der Waals surface area contributed by atoms with Crippen molar-refractivity contribution in [1.82, 2.24) is 9.97 Å². The van der Waals surface area contributed by atoms with Crippen molar-refractivity contribution >= 4 is 17.6 Å². The Morgan fingerprint density at radius 3 is 3.15 bits per heavy atom. The first-order valence-corrected chi connectivity index (χ1v) is 4.23. The number of carbonyl (C=O) groups is 1. The Labute approximate surface area is 80.2 Å². The van der Waals surface area contributed by atoms with Crippen molar-refractivity contribution in [1.29, 1.82) is 0 Å². The molecule has 0 radical (unpaired) electrons. The summed E-state index contributed by atoms with van der Waals surface area (Å²) >= 11 is 5.20. The summed E-state index contributed by atoms with van der Waals surface area (Å²) in [6, 6.07) is -0.866. The quantitative estimate of drug-likeness (QED) is 0.534. The molecular weight excluding hydrogens is 194 g/mol. The molecule has 0 bridgehead atoms. The summed E-state index contributed by atoms with van der Waals surface area (Å²) in [7, 11) is 0. The number of imidazole rings is 1. The van der Waals surface area contributed by atoms with Gasteiger partial charge in [0.2, 0.25) is 0 Å². The number of aromatic nitrogens is 2. The maximum Gasteiger partial charge on any atom is 0.324 e. The molecule has 0 unspecified atom stereocenters. The van der Waals surface area contributed by atoms with E-state index < -0.39 is 12.0 Å². The lowest BCUT2D eigenvalue weighted by atomic mass is 10.2. The molecule has 1 rings (SSSR count). The molecule has 0 saturated heterocycles. The molecule has 72 valence electrons. The number of nitrogens with zero attached hydrogens (tertiary/aromatic N) is 1. The number of hydrogen-bond acceptors (Lipinski definition) is 4. The minimum Gasteiger partial charge on any atom is -0.448 e. The van der Waals surface area contributed by atoms with Gasteiger partial charge in [0, 0.05) is 18.3 Å². The predicted molar refractivity (Wildman–Crippen MR) is 47.1 cm³/mol. The van der Waals surface area contributed by atoms with Crippen LogP contribution in [-0.2, 0) is 16.0 Å². The van der Waals surface area contributed by atoms with Crippen LogP contribution < -0.4 is 5.73 Å². The van der Waals surface area contributed by atoms with Crippen molar-refractivity contribution in [3.63, 3.8) is 0 Å². The van der Waals surface area contributed by atoms with E-state index in [0.717, 1.165) is 5.69 Å². The second-order valence-electron chi connectivity index (χ2n) is 2.46. The summed E-state index contributed by atoms with van der Waals surface area (Å²) in [5.74, 6) is -0.510. The molecule has 0 amide bonds. The molecule has 3 N–H and O–H groups in total. The van der Waals surface area contributed by atoms with Crippen LogP contribution in [0, 0.1) is 0 Å². The fourth-order valence-electron chi connectivity index (χ4n) is 0.877. The Balaban J connectivity index is 2.41. The number of halogens is 1. The number of alkyl halides is 1. The highest BCUT2D eigenvalue weighted by atomic mass is 35.5. The zero-order valence-corrected chi connectivity index (χ0v) is 7.62. The Morgan fingerprint density at radius 2 is 2.62 bits per heavy atom. The molecule has 0 spiro atoms. The molecule has 5 nitrogen and oxygen atoms in total. The van der Waals surface area contributed by atoms with Gasteiger partial charge in [-0.25, -0.2) is 4.98 Å². The lowest BCUT2D eigenvalue weighted by molar-refractivity contribution is -0.143. The van der Waals surface area contributed by atoms with Gasteiger partial charge in [-0.15, -0.1) is 0 Å². The van der Waals surface area contributed by atoms with Gasteiger partial charge in [-0.3, -0.25) is 4.79 Å². The van der Waals surface area contributed by atoms with Crippen molar-refractivity contribution in [2.45, 2.75) is 12.5 Å². The zero-order valence-electron chi connectivity index (χ0n) is 6.87. The second-order valence-corrected chi connectivity index (χ2v) is 2.68. The van der Waals surface area contributed by atoms with Gasteiger partial charge in [-0.1, -0.05) is 11.6 Å². The smallest absolute Gasteiger partial charge is 0.324 e. The van der Waals surface area contributed by atoms with Gasteiger partial charge in [0.05, 0.1) is 6.33 Å². The molecule has 1 aromatic rings. The molecule has 1 atom stereocenters. The Bertz CT molecular complexity index is 263. The first-order valence-electron chi connectivity index (χ1n) is 3.69. The fourth-order valence-corrected chi connectivity index (χ4v) is 0.985. The van der Waals surface area contributed by atoms with Crippen LogP contribution in [0.4, 0.5) is 0 Å². The normalized spacial score (nSPS) is 12.5. The van der Waals surface area contributed by atoms with Crippen LogP contribution in [0.1, 0.15) is 5.69 Å². The molecule has 0 aromatic carbocycles. The highest BCUT2D eigenvalue weighted by molar-refractivity contribution is 6.17. The maximum atomic E-state index is 11.0. The van der Waals surface area contributed by atoms with Crippen LogP contribution in [0.3, 0.4) is 0 Å². The first-order chi connectivity index (χ1) is 6.24. The van der Waals surface area contributed by atoms with E-state index in [-0.39, 0.29) is 6.07 Å². The SMILES string of the molecule is N[C@@H](Cc1cnc[nH]1)C(=O)OCCl. The van der Waals surface area contributed by atoms with Gasteiger partial charge >= 0.3 is 5.97 Å². The molecular formula is C7H10ClN3O2. The van der Waals surface area contributed by atoms with E-state index in [1.807, 2.05) is 0 Å². The third kappa shape index (κ3) is 3.04. The average Bonchev–Trinajstić information content (AvgIpc) is 2.57. The van der Waals surface area contributed by atoms with Gasteiger partial charge in [0.25, 0.3) is 0 Å². The molecule has 0 aliphatic carbocycles. The third-order valence-electron chi connectivity index (χ3n) is 1.49. The van der Waals surface area contributed by atoms with Crippen LogP contribution in [0.2, 0.25) is 0 Å². The first kappa shape index (κ1) is 10.0. The summed E-state index contributed by atoms with van der Waals surface area (Å²) < 4.78 is 4.52. The van der Waals surface area contributed by atoms with Crippen molar-refractivity contribution in [2.75, 3.05) is 6.07 Å². The van der Waals surface area contributed by atoms with E-state index in [9.17, 15) is 4.79 Å². The maximum absolute atomic E-state index is 11.0. The van der Waals surface area contributed by atoms with E-state index in [4.69, 9.17) is 17.3 Å². The fraction of sp³-hybridized carbons (Fsp3) is 0.429. The molecule has 0 fully saturated rings. The van der Waals surface area contributed by atoms with Crippen LogP contribution in [0.15, 0.2) is 12.5 Å².